The molecular weight excluding hydrogens is 412 g/mol. The SMILES string of the molecule is CCCCCCCCCCCCCCCCCC(=O)OOC(=O)c1cc(O)c(O)c(O)c1. The molecule has 1 aromatic carbocycles. The Morgan fingerprint density at radius 2 is 1.06 bits per heavy atom. The topological polar surface area (TPSA) is 113 Å². The number of carbonyl (C=O) groups is 2. The second-order valence-corrected chi connectivity index (χ2v) is 8.39. The highest BCUT2D eigenvalue weighted by atomic mass is 17.2. The van der Waals surface area contributed by atoms with Gasteiger partial charge < -0.3 is 15.3 Å². The molecule has 0 amide bonds. The van der Waals surface area contributed by atoms with Crippen LogP contribution in [-0.2, 0) is 14.6 Å². The van der Waals surface area contributed by atoms with Crippen LogP contribution in [0.2, 0.25) is 0 Å². The Balaban J connectivity index is 1.95. The third kappa shape index (κ3) is 12.4. The fourth-order valence-electron chi connectivity index (χ4n) is 3.54. The van der Waals surface area contributed by atoms with Gasteiger partial charge in [-0.05, 0) is 18.6 Å². The average Bonchev–Trinajstić information content (AvgIpc) is 2.78. The maximum absolute atomic E-state index is 11.8. The van der Waals surface area contributed by atoms with E-state index in [1.807, 2.05) is 0 Å². The van der Waals surface area contributed by atoms with Crippen LogP contribution in [-0.4, -0.2) is 27.3 Å². The van der Waals surface area contributed by atoms with Gasteiger partial charge in [0.15, 0.2) is 17.2 Å². The summed E-state index contributed by atoms with van der Waals surface area (Å²) in [6.45, 7) is 2.25. The molecule has 0 saturated carbocycles. The highest BCUT2D eigenvalue weighted by Gasteiger charge is 2.17. The Bertz CT molecular complexity index is 649. The molecule has 0 aromatic heterocycles. The summed E-state index contributed by atoms with van der Waals surface area (Å²) in [6.07, 6.45) is 18.7. The minimum Gasteiger partial charge on any atom is -0.504 e. The zero-order valence-electron chi connectivity index (χ0n) is 19.4. The number of benzene rings is 1. The van der Waals surface area contributed by atoms with Crippen molar-refractivity contribution in [2.45, 2.75) is 110 Å². The normalized spacial score (nSPS) is 10.8. The molecule has 0 radical (unpaired) electrons. The first-order valence-corrected chi connectivity index (χ1v) is 12.1. The number of aromatic hydroxyl groups is 3. The van der Waals surface area contributed by atoms with Crippen LogP contribution >= 0.6 is 0 Å². The summed E-state index contributed by atoms with van der Waals surface area (Å²) in [7, 11) is 0. The first kappa shape index (κ1) is 27.6. The van der Waals surface area contributed by atoms with Crippen LogP contribution in [0.15, 0.2) is 12.1 Å². The standard InChI is InChI=1S/C25H40O7/c1-2-3-4-5-6-7-8-9-10-11-12-13-14-15-16-17-23(28)31-32-25(30)20-18-21(26)24(29)22(27)19-20/h18-19,26-27,29H,2-17H2,1H3. The lowest BCUT2D eigenvalue weighted by molar-refractivity contribution is -0.234. The highest BCUT2D eigenvalue weighted by Crippen LogP contribution is 2.35. The van der Waals surface area contributed by atoms with Crippen LogP contribution in [0.1, 0.15) is 120 Å². The Labute approximate surface area is 191 Å². The van der Waals surface area contributed by atoms with Crippen LogP contribution < -0.4 is 0 Å². The number of carbonyl (C=O) groups excluding carboxylic acids is 2. The third-order valence-electron chi connectivity index (χ3n) is 5.50. The number of hydrogen-bond donors (Lipinski definition) is 3. The van der Waals surface area contributed by atoms with E-state index in [0.29, 0.717) is 6.42 Å². The number of phenols is 3. The van der Waals surface area contributed by atoms with Gasteiger partial charge in [0.25, 0.3) is 0 Å². The summed E-state index contributed by atoms with van der Waals surface area (Å²) in [5.74, 6) is -3.81. The largest absolute Gasteiger partial charge is 0.504 e. The number of rotatable bonds is 17. The predicted molar refractivity (Wildman–Crippen MR) is 122 cm³/mol. The van der Waals surface area contributed by atoms with Gasteiger partial charge in [0.05, 0.1) is 12.0 Å². The average molecular weight is 453 g/mol. The molecule has 3 N–H and O–H groups in total. The summed E-state index contributed by atoms with van der Waals surface area (Å²) in [5.41, 5.74) is -0.252. The van der Waals surface area contributed by atoms with E-state index in [0.717, 1.165) is 31.4 Å². The van der Waals surface area contributed by atoms with Crippen LogP contribution in [0.4, 0.5) is 0 Å². The Morgan fingerprint density at radius 3 is 1.50 bits per heavy atom. The van der Waals surface area contributed by atoms with E-state index in [2.05, 4.69) is 16.7 Å². The minimum absolute atomic E-state index is 0.150. The van der Waals surface area contributed by atoms with Crippen molar-refractivity contribution in [3.63, 3.8) is 0 Å². The van der Waals surface area contributed by atoms with E-state index in [1.54, 1.807) is 0 Å². The smallest absolute Gasteiger partial charge is 0.386 e. The lowest BCUT2D eigenvalue weighted by atomic mass is 10.0. The lowest BCUT2D eigenvalue weighted by Crippen LogP contribution is -2.11. The van der Waals surface area contributed by atoms with Crippen molar-refractivity contribution in [3.8, 4) is 17.2 Å². The molecule has 182 valence electrons. The number of hydrogen-bond acceptors (Lipinski definition) is 7. The maximum Gasteiger partial charge on any atom is 0.386 e. The van der Waals surface area contributed by atoms with E-state index in [1.165, 1.54) is 70.6 Å². The molecule has 0 heterocycles. The Morgan fingerprint density at radius 1 is 0.656 bits per heavy atom. The van der Waals surface area contributed by atoms with Gasteiger partial charge in [0, 0.05) is 0 Å². The van der Waals surface area contributed by atoms with Gasteiger partial charge in [-0.25, -0.2) is 19.4 Å². The van der Waals surface area contributed by atoms with Crippen molar-refractivity contribution >= 4 is 11.9 Å². The summed E-state index contributed by atoms with van der Waals surface area (Å²) >= 11 is 0. The maximum atomic E-state index is 11.8. The second-order valence-electron chi connectivity index (χ2n) is 8.39. The molecule has 0 atom stereocenters. The molecule has 1 rings (SSSR count). The summed E-state index contributed by atoms with van der Waals surface area (Å²) < 4.78 is 0. The van der Waals surface area contributed by atoms with Crippen molar-refractivity contribution in [3.05, 3.63) is 17.7 Å². The third-order valence-corrected chi connectivity index (χ3v) is 5.50. The van der Waals surface area contributed by atoms with Gasteiger partial charge in [-0.2, -0.15) is 0 Å². The number of phenolic OH excluding ortho intramolecular Hbond substituents is 3. The van der Waals surface area contributed by atoms with Crippen molar-refractivity contribution in [2.24, 2.45) is 0 Å². The highest BCUT2D eigenvalue weighted by molar-refractivity contribution is 5.91. The van der Waals surface area contributed by atoms with Crippen molar-refractivity contribution in [2.75, 3.05) is 0 Å². The Kier molecular flexibility index (Phi) is 14.8. The van der Waals surface area contributed by atoms with E-state index in [-0.39, 0.29) is 12.0 Å². The Hall–Kier alpha value is -2.44. The van der Waals surface area contributed by atoms with Gasteiger partial charge in [0.2, 0.25) is 0 Å². The van der Waals surface area contributed by atoms with Crippen LogP contribution in [0, 0.1) is 0 Å². The molecule has 0 aliphatic carbocycles. The van der Waals surface area contributed by atoms with E-state index >= 15 is 0 Å². The van der Waals surface area contributed by atoms with E-state index in [9.17, 15) is 24.9 Å². The molecule has 7 nitrogen and oxygen atoms in total. The van der Waals surface area contributed by atoms with E-state index in [4.69, 9.17) is 0 Å². The zero-order chi connectivity index (χ0) is 23.6. The first-order chi connectivity index (χ1) is 15.5. The van der Waals surface area contributed by atoms with Gasteiger partial charge in [-0.15, -0.1) is 0 Å². The van der Waals surface area contributed by atoms with E-state index < -0.39 is 29.2 Å². The molecule has 1 aromatic rings. The minimum atomic E-state index is -1.06. The van der Waals surface area contributed by atoms with Gasteiger partial charge in [-0.1, -0.05) is 96.8 Å². The molecule has 32 heavy (non-hydrogen) atoms. The molecular formula is C25H40O7. The fourth-order valence-corrected chi connectivity index (χ4v) is 3.54. The predicted octanol–water partition coefficient (Wildman–Crippen LogP) is 6.68. The quantitative estimate of drug-likeness (QED) is 0.105. The molecule has 0 bridgehead atoms. The molecule has 0 spiro atoms. The summed E-state index contributed by atoms with van der Waals surface area (Å²) in [6, 6.07) is 1.81. The molecule has 0 unspecified atom stereocenters. The second kappa shape index (κ2) is 17.2. The van der Waals surface area contributed by atoms with Crippen LogP contribution in [0.5, 0.6) is 17.2 Å². The van der Waals surface area contributed by atoms with Crippen LogP contribution in [0.3, 0.4) is 0 Å². The molecule has 0 saturated heterocycles. The summed E-state index contributed by atoms with van der Waals surface area (Å²) in [4.78, 5) is 32.3. The fraction of sp³-hybridized carbons (Fsp3) is 0.680. The van der Waals surface area contributed by atoms with Crippen molar-refractivity contribution in [1.29, 1.82) is 0 Å². The van der Waals surface area contributed by atoms with Gasteiger partial charge >= 0.3 is 11.9 Å². The van der Waals surface area contributed by atoms with Gasteiger partial charge in [0.1, 0.15) is 0 Å². The zero-order valence-corrected chi connectivity index (χ0v) is 19.4. The summed E-state index contributed by atoms with van der Waals surface area (Å²) in [5, 5.41) is 28.0. The molecule has 7 heteroatoms. The molecule has 0 aliphatic rings. The van der Waals surface area contributed by atoms with Crippen LogP contribution in [0.25, 0.3) is 0 Å². The van der Waals surface area contributed by atoms with Crippen molar-refractivity contribution in [1.82, 2.24) is 0 Å². The first-order valence-electron chi connectivity index (χ1n) is 12.1. The van der Waals surface area contributed by atoms with Crippen molar-refractivity contribution < 1.29 is 34.7 Å². The molecule has 0 fully saturated rings. The lowest BCUT2D eigenvalue weighted by Gasteiger charge is -2.06. The monoisotopic (exact) mass is 452 g/mol. The number of unbranched alkanes of at least 4 members (excludes halogenated alkanes) is 14. The van der Waals surface area contributed by atoms with Gasteiger partial charge in [-0.3, -0.25) is 0 Å². The molecule has 0 aliphatic heterocycles.